The molecule has 0 spiro atoms. The largest absolute Gasteiger partial charge is 0.476 e. The monoisotopic (exact) mass is 198 g/mol. The van der Waals surface area contributed by atoms with Gasteiger partial charge < -0.3 is 10.8 Å². The molecular formula is C8H14N4O2. The summed E-state index contributed by atoms with van der Waals surface area (Å²) in [6, 6.07) is 0.120. The van der Waals surface area contributed by atoms with Gasteiger partial charge in [0, 0.05) is 6.54 Å². The molecule has 1 aromatic rings. The van der Waals surface area contributed by atoms with Gasteiger partial charge in [-0.25, -0.2) is 9.48 Å². The van der Waals surface area contributed by atoms with E-state index in [1.807, 2.05) is 13.8 Å². The van der Waals surface area contributed by atoms with Crippen molar-refractivity contribution in [3.05, 3.63) is 11.4 Å². The van der Waals surface area contributed by atoms with E-state index < -0.39 is 5.97 Å². The van der Waals surface area contributed by atoms with E-state index >= 15 is 0 Å². The number of rotatable bonds is 4. The van der Waals surface area contributed by atoms with Gasteiger partial charge in [-0.2, -0.15) is 0 Å². The molecular weight excluding hydrogens is 184 g/mol. The molecule has 0 aliphatic carbocycles. The number of aromatic nitrogens is 3. The summed E-state index contributed by atoms with van der Waals surface area (Å²) in [5, 5.41) is 16.2. The van der Waals surface area contributed by atoms with Crippen molar-refractivity contribution >= 4 is 5.97 Å². The second-order valence-electron chi connectivity index (χ2n) is 3.10. The zero-order valence-corrected chi connectivity index (χ0v) is 8.27. The molecule has 0 fully saturated rings. The Morgan fingerprint density at radius 3 is 2.79 bits per heavy atom. The summed E-state index contributed by atoms with van der Waals surface area (Å²) in [7, 11) is 0. The number of hydrogen-bond acceptors (Lipinski definition) is 4. The van der Waals surface area contributed by atoms with Crippen LogP contribution in [0.25, 0.3) is 0 Å². The minimum absolute atomic E-state index is 0.0483. The van der Waals surface area contributed by atoms with Gasteiger partial charge in [0.1, 0.15) is 0 Å². The third kappa shape index (κ3) is 1.74. The number of carboxylic acids is 1. The van der Waals surface area contributed by atoms with E-state index in [0.717, 1.165) is 6.42 Å². The molecule has 0 saturated heterocycles. The van der Waals surface area contributed by atoms with E-state index in [1.165, 1.54) is 0 Å². The number of carbonyl (C=O) groups is 1. The van der Waals surface area contributed by atoms with Gasteiger partial charge in [0.25, 0.3) is 0 Å². The quantitative estimate of drug-likeness (QED) is 0.730. The first-order chi connectivity index (χ1) is 6.61. The maximum absolute atomic E-state index is 10.7. The van der Waals surface area contributed by atoms with Gasteiger partial charge in [-0.3, -0.25) is 0 Å². The fourth-order valence-corrected chi connectivity index (χ4v) is 1.20. The van der Waals surface area contributed by atoms with Gasteiger partial charge in [0.2, 0.25) is 0 Å². The number of aromatic carboxylic acids is 1. The Balaban J connectivity index is 3.13. The normalized spacial score (nSPS) is 12.8. The predicted octanol–water partition coefficient (Wildman–Crippen LogP) is 0.406. The van der Waals surface area contributed by atoms with E-state index in [0.29, 0.717) is 5.69 Å². The van der Waals surface area contributed by atoms with E-state index in [-0.39, 0.29) is 18.3 Å². The summed E-state index contributed by atoms with van der Waals surface area (Å²) in [6.07, 6.45) is 0.857. The van der Waals surface area contributed by atoms with Crippen molar-refractivity contribution in [2.24, 2.45) is 5.73 Å². The molecule has 1 atom stereocenters. The summed E-state index contributed by atoms with van der Waals surface area (Å²) < 4.78 is 1.57. The molecule has 0 saturated carbocycles. The summed E-state index contributed by atoms with van der Waals surface area (Å²) >= 11 is 0. The minimum Gasteiger partial charge on any atom is -0.476 e. The molecule has 0 radical (unpaired) electrons. The molecule has 0 bridgehead atoms. The van der Waals surface area contributed by atoms with Crippen molar-refractivity contribution in [3.8, 4) is 0 Å². The Hall–Kier alpha value is -1.43. The van der Waals surface area contributed by atoms with Gasteiger partial charge >= 0.3 is 5.97 Å². The second-order valence-corrected chi connectivity index (χ2v) is 3.10. The lowest BCUT2D eigenvalue weighted by Gasteiger charge is -2.11. The third-order valence-corrected chi connectivity index (χ3v) is 2.20. The highest BCUT2D eigenvalue weighted by atomic mass is 16.4. The Bertz CT molecular complexity index is 334. The van der Waals surface area contributed by atoms with Crippen LogP contribution in [-0.4, -0.2) is 26.1 Å². The highest BCUT2D eigenvalue weighted by Crippen LogP contribution is 2.14. The van der Waals surface area contributed by atoms with Crippen molar-refractivity contribution in [2.75, 3.05) is 0 Å². The average Bonchev–Trinajstić information content (AvgIpc) is 2.59. The molecule has 14 heavy (non-hydrogen) atoms. The van der Waals surface area contributed by atoms with E-state index in [4.69, 9.17) is 10.8 Å². The molecule has 0 aliphatic heterocycles. The van der Waals surface area contributed by atoms with Crippen LogP contribution in [0.5, 0.6) is 0 Å². The lowest BCUT2D eigenvalue weighted by molar-refractivity contribution is 0.0689. The van der Waals surface area contributed by atoms with Gasteiger partial charge in [-0.05, 0) is 13.3 Å². The van der Waals surface area contributed by atoms with Gasteiger partial charge in [-0.1, -0.05) is 12.1 Å². The summed E-state index contributed by atoms with van der Waals surface area (Å²) in [4.78, 5) is 10.7. The molecule has 1 aromatic heterocycles. The molecule has 0 aliphatic rings. The molecule has 1 rings (SSSR count). The Labute approximate surface area is 81.7 Å². The first-order valence-corrected chi connectivity index (χ1v) is 4.49. The SMILES string of the molecule is CCC(C)n1nnc(C(=O)O)c1CN. The standard InChI is InChI=1S/C8H14N4O2/c1-3-5(2)12-6(4-9)7(8(13)14)10-11-12/h5H,3-4,9H2,1-2H3,(H,13,14). The predicted molar refractivity (Wildman–Crippen MR) is 49.9 cm³/mol. The maximum atomic E-state index is 10.7. The Morgan fingerprint density at radius 2 is 2.36 bits per heavy atom. The van der Waals surface area contributed by atoms with E-state index in [9.17, 15) is 4.79 Å². The number of carboxylic acid groups (broad SMARTS) is 1. The first-order valence-electron chi connectivity index (χ1n) is 4.49. The zero-order chi connectivity index (χ0) is 10.7. The number of nitrogens with zero attached hydrogens (tertiary/aromatic N) is 3. The molecule has 1 unspecified atom stereocenters. The molecule has 0 aromatic carbocycles. The summed E-state index contributed by atoms with van der Waals surface area (Å²) in [5.41, 5.74) is 5.89. The first kappa shape index (κ1) is 10.6. The van der Waals surface area contributed by atoms with Crippen molar-refractivity contribution in [1.29, 1.82) is 0 Å². The van der Waals surface area contributed by atoms with Crippen LogP contribution in [0, 0.1) is 0 Å². The van der Waals surface area contributed by atoms with Crippen LogP contribution in [0.1, 0.15) is 42.5 Å². The molecule has 1 heterocycles. The highest BCUT2D eigenvalue weighted by Gasteiger charge is 2.19. The van der Waals surface area contributed by atoms with E-state index in [1.54, 1.807) is 4.68 Å². The van der Waals surface area contributed by atoms with Crippen LogP contribution < -0.4 is 5.73 Å². The summed E-state index contributed by atoms with van der Waals surface area (Å²) in [6.45, 7) is 4.07. The molecule has 6 heteroatoms. The fraction of sp³-hybridized carbons (Fsp3) is 0.625. The van der Waals surface area contributed by atoms with Crippen LogP contribution >= 0.6 is 0 Å². The molecule has 3 N–H and O–H groups in total. The Morgan fingerprint density at radius 1 is 1.71 bits per heavy atom. The van der Waals surface area contributed by atoms with Crippen LogP contribution in [0.3, 0.4) is 0 Å². The second kappa shape index (κ2) is 4.19. The average molecular weight is 198 g/mol. The number of nitrogens with two attached hydrogens (primary N) is 1. The van der Waals surface area contributed by atoms with Crippen molar-refractivity contribution in [2.45, 2.75) is 32.9 Å². The lowest BCUT2D eigenvalue weighted by Crippen LogP contribution is -2.15. The molecule has 0 amide bonds. The maximum Gasteiger partial charge on any atom is 0.358 e. The molecule has 6 nitrogen and oxygen atoms in total. The van der Waals surface area contributed by atoms with Crippen LogP contribution in [0.4, 0.5) is 0 Å². The zero-order valence-electron chi connectivity index (χ0n) is 8.27. The van der Waals surface area contributed by atoms with Gasteiger partial charge in [0.15, 0.2) is 5.69 Å². The van der Waals surface area contributed by atoms with Crippen LogP contribution in [0.15, 0.2) is 0 Å². The summed E-state index contributed by atoms with van der Waals surface area (Å²) in [5.74, 6) is -1.08. The Kier molecular flexibility index (Phi) is 3.19. The topological polar surface area (TPSA) is 94.0 Å². The van der Waals surface area contributed by atoms with E-state index in [2.05, 4.69) is 10.3 Å². The van der Waals surface area contributed by atoms with Crippen LogP contribution in [0.2, 0.25) is 0 Å². The molecule has 78 valence electrons. The van der Waals surface area contributed by atoms with Gasteiger partial charge in [-0.15, -0.1) is 5.10 Å². The van der Waals surface area contributed by atoms with Crippen molar-refractivity contribution < 1.29 is 9.90 Å². The van der Waals surface area contributed by atoms with Crippen LogP contribution in [-0.2, 0) is 6.54 Å². The highest BCUT2D eigenvalue weighted by molar-refractivity contribution is 5.86. The number of hydrogen-bond donors (Lipinski definition) is 2. The van der Waals surface area contributed by atoms with Gasteiger partial charge in [0.05, 0.1) is 11.7 Å². The fourth-order valence-electron chi connectivity index (χ4n) is 1.20. The third-order valence-electron chi connectivity index (χ3n) is 2.20. The smallest absolute Gasteiger partial charge is 0.358 e. The van der Waals surface area contributed by atoms with Crippen molar-refractivity contribution in [1.82, 2.24) is 15.0 Å². The minimum atomic E-state index is -1.08. The lowest BCUT2D eigenvalue weighted by atomic mass is 10.2. The van der Waals surface area contributed by atoms with Crippen molar-refractivity contribution in [3.63, 3.8) is 0 Å².